The van der Waals surface area contributed by atoms with E-state index in [1.165, 1.54) is 25.6 Å². The van der Waals surface area contributed by atoms with Gasteiger partial charge < -0.3 is 14.4 Å². The highest BCUT2D eigenvalue weighted by atomic mass is 32.2. The summed E-state index contributed by atoms with van der Waals surface area (Å²) in [5, 5.41) is 16.4. The number of carboxylic acids is 1. The molecule has 0 atom stereocenters. The Bertz CT molecular complexity index is 800. The lowest BCUT2D eigenvalue weighted by molar-refractivity contribution is 0.0693. The van der Waals surface area contributed by atoms with Crippen molar-refractivity contribution in [1.29, 1.82) is 0 Å². The molecule has 0 aliphatic carbocycles. The summed E-state index contributed by atoms with van der Waals surface area (Å²) in [6.07, 6.45) is 1.45. The number of nitrogens with zero attached hydrogens (tertiary/aromatic N) is 3. The van der Waals surface area contributed by atoms with Crippen LogP contribution in [0.2, 0.25) is 0 Å². The SMILES string of the molecule is COc1cc(S(=O)(=O)NCc2nncn2C)ccc1C(=O)O. The minimum atomic E-state index is -3.83. The Labute approximate surface area is 126 Å². The number of ether oxygens (including phenoxy) is 1. The molecule has 10 heteroatoms. The quantitative estimate of drug-likeness (QED) is 0.765. The number of aryl methyl sites for hydroxylation is 1. The summed E-state index contributed by atoms with van der Waals surface area (Å²) in [6, 6.07) is 3.53. The van der Waals surface area contributed by atoms with Crippen molar-refractivity contribution in [2.75, 3.05) is 7.11 Å². The molecule has 0 spiro atoms. The van der Waals surface area contributed by atoms with Crippen LogP contribution >= 0.6 is 0 Å². The third kappa shape index (κ3) is 3.23. The second kappa shape index (κ2) is 6.12. The van der Waals surface area contributed by atoms with Gasteiger partial charge in [0, 0.05) is 13.1 Å². The zero-order chi connectivity index (χ0) is 16.3. The first-order valence-electron chi connectivity index (χ1n) is 6.09. The van der Waals surface area contributed by atoms with E-state index in [4.69, 9.17) is 9.84 Å². The van der Waals surface area contributed by atoms with Crippen molar-refractivity contribution >= 4 is 16.0 Å². The van der Waals surface area contributed by atoms with Gasteiger partial charge in [0.25, 0.3) is 0 Å². The molecule has 0 fully saturated rings. The Morgan fingerprint density at radius 3 is 2.73 bits per heavy atom. The maximum atomic E-state index is 12.2. The highest BCUT2D eigenvalue weighted by molar-refractivity contribution is 7.89. The van der Waals surface area contributed by atoms with Crippen LogP contribution in [-0.4, -0.2) is 41.4 Å². The molecule has 2 N–H and O–H groups in total. The summed E-state index contributed by atoms with van der Waals surface area (Å²) in [7, 11) is -0.874. The number of rotatable bonds is 6. The van der Waals surface area contributed by atoms with Crippen LogP contribution in [0.4, 0.5) is 0 Å². The fourth-order valence-electron chi connectivity index (χ4n) is 1.73. The highest BCUT2D eigenvalue weighted by Crippen LogP contribution is 2.23. The van der Waals surface area contributed by atoms with Crippen LogP contribution < -0.4 is 9.46 Å². The summed E-state index contributed by atoms with van der Waals surface area (Å²) in [5.74, 6) is -0.792. The maximum Gasteiger partial charge on any atom is 0.339 e. The smallest absolute Gasteiger partial charge is 0.339 e. The van der Waals surface area contributed by atoms with Gasteiger partial charge in [-0.25, -0.2) is 17.9 Å². The summed E-state index contributed by atoms with van der Waals surface area (Å²) in [5.41, 5.74) is -0.116. The van der Waals surface area contributed by atoms with E-state index in [0.717, 1.165) is 6.07 Å². The van der Waals surface area contributed by atoms with Gasteiger partial charge in [0.15, 0.2) is 0 Å². The van der Waals surface area contributed by atoms with Gasteiger partial charge in [-0.2, -0.15) is 0 Å². The number of nitrogens with one attached hydrogen (secondary N) is 1. The molecule has 1 heterocycles. The van der Waals surface area contributed by atoms with Crippen molar-refractivity contribution in [3.63, 3.8) is 0 Å². The number of aromatic nitrogens is 3. The number of sulfonamides is 1. The molecule has 0 unspecified atom stereocenters. The van der Waals surface area contributed by atoms with E-state index in [1.807, 2.05) is 0 Å². The Morgan fingerprint density at radius 2 is 2.18 bits per heavy atom. The monoisotopic (exact) mass is 326 g/mol. The van der Waals surface area contributed by atoms with Crippen LogP contribution in [0.1, 0.15) is 16.2 Å². The second-order valence-corrected chi connectivity index (χ2v) is 6.12. The summed E-state index contributed by atoms with van der Waals surface area (Å²) in [6.45, 7) is -0.0399. The number of benzene rings is 1. The molecule has 2 rings (SSSR count). The van der Waals surface area contributed by atoms with Crippen molar-refractivity contribution < 1.29 is 23.1 Å². The average Bonchev–Trinajstić information content (AvgIpc) is 2.89. The Morgan fingerprint density at radius 1 is 1.45 bits per heavy atom. The molecule has 118 valence electrons. The number of hydrogen-bond acceptors (Lipinski definition) is 6. The zero-order valence-corrected chi connectivity index (χ0v) is 12.7. The van der Waals surface area contributed by atoms with Crippen LogP contribution in [-0.2, 0) is 23.6 Å². The van der Waals surface area contributed by atoms with Crippen molar-refractivity contribution in [3.05, 3.63) is 35.9 Å². The number of hydrogen-bond donors (Lipinski definition) is 2. The molecule has 2 aromatic rings. The van der Waals surface area contributed by atoms with Gasteiger partial charge in [0.1, 0.15) is 23.5 Å². The summed E-state index contributed by atoms with van der Waals surface area (Å²) in [4.78, 5) is 10.9. The Hall–Kier alpha value is -2.46. The van der Waals surface area contributed by atoms with E-state index < -0.39 is 16.0 Å². The van der Waals surface area contributed by atoms with Gasteiger partial charge >= 0.3 is 5.97 Å². The predicted molar refractivity (Wildman–Crippen MR) is 75.0 cm³/mol. The number of aromatic carboxylic acids is 1. The molecule has 0 saturated heterocycles. The topological polar surface area (TPSA) is 123 Å². The van der Waals surface area contributed by atoms with E-state index in [-0.39, 0.29) is 22.8 Å². The lowest BCUT2D eigenvalue weighted by atomic mass is 10.2. The van der Waals surface area contributed by atoms with Gasteiger partial charge in [-0.3, -0.25) is 0 Å². The Kier molecular flexibility index (Phi) is 4.43. The predicted octanol–water partition coefficient (Wildman–Crippen LogP) is 0.000400. The molecule has 9 nitrogen and oxygen atoms in total. The first-order valence-corrected chi connectivity index (χ1v) is 7.57. The number of methoxy groups -OCH3 is 1. The van der Waals surface area contributed by atoms with Gasteiger partial charge in [-0.1, -0.05) is 0 Å². The molecule has 1 aromatic heterocycles. The third-order valence-electron chi connectivity index (χ3n) is 2.94. The molecule has 0 aliphatic rings. The third-order valence-corrected chi connectivity index (χ3v) is 4.34. The fourth-order valence-corrected chi connectivity index (χ4v) is 2.72. The lowest BCUT2D eigenvalue weighted by Crippen LogP contribution is -2.25. The van der Waals surface area contributed by atoms with E-state index in [9.17, 15) is 13.2 Å². The summed E-state index contributed by atoms with van der Waals surface area (Å²) >= 11 is 0. The standard InChI is InChI=1S/C12H14N4O5S/c1-16-7-13-15-11(16)6-14-22(19,20)8-3-4-9(12(17)18)10(5-8)21-2/h3-5,7,14H,6H2,1-2H3,(H,17,18). The average molecular weight is 326 g/mol. The minimum Gasteiger partial charge on any atom is -0.496 e. The van der Waals surface area contributed by atoms with E-state index in [2.05, 4.69) is 14.9 Å². The molecule has 1 aromatic carbocycles. The van der Waals surface area contributed by atoms with E-state index >= 15 is 0 Å². The fraction of sp³-hybridized carbons (Fsp3) is 0.250. The van der Waals surface area contributed by atoms with E-state index in [0.29, 0.717) is 5.82 Å². The van der Waals surface area contributed by atoms with Crippen molar-refractivity contribution in [3.8, 4) is 5.75 Å². The molecular weight excluding hydrogens is 312 g/mol. The first kappa shape index (κ1) is 15.9. The van der Waals surface area contributed by atoms with Crippen molar-refractivity contribution in [2.24, 2.45) is 7.05 Å². The first-order chi connectivity index (χ1) is 10.3. The molecule has 0 amide bonds. The minimum absolute atomic E-state index is 0.0333. The van der Waals surface area contributed by atoms with Crippen LogP contribution in [0, 0.1) is 0 Å². The zero-order valence-electron chi connectivity index (χ0n) is 11.8. The molecule has 0 bridgehead atoms. The van der Waals surface area contributed by atoms with Crippen LogP contribution in [0.3, 0.4) is 0 Å². The molecule has 0 radical (unpaired) electrons. The van der Waals surface area contributed by atoms with E-state index in [1.54, 1.807) is 11.6 Å². The number of carbonyl (C=O) groups is 1. The molecular formula is C12H14N4O5S. The van der Waals surface area contributed by atoms with Crippen LogP contribution in [0.5, 0.6) is 5.75 Å². The molecule has 0 aliphatic heterocycles. The molecule has 0 saturated carbocycles. The van der Waals surface area contributed by atoms with Gasteiger partial charge in [-0.15, -0.1) is 10.2 Å². The van der Waals surface area contributed by atoms with Gasteiger partial charge in [0.05, 0.1) is 18.6 Å². The highest BCUT2D eigenvalue weighted by Gasteiger charge is 2.19. The normalized spacial score (nSPS) is 11.4. The van der Waals surface area contributed by atoms with Gasteiger partial charge in [0.2, 0.25) is 10.0 Å². The molecule has 22 heavy (non-hydrogen) atoms. The van der Waals surface area contributed by atoms with Crippen LogP contribution in [0.15, 0.2) is 29.4 Å². The second-order valence-electron chi connectivity index (χ2n) is 4.35. The van der Waals surface area contributed by atoms with Gasteiger partial charge in [-0.05, 0) is 12.1 Å². The lowest BCUT2D eigenvalue weighted by Gasteiger charge is -2.09. The summed E-state index contributed by atoms with van der Waals surface area (Å²) < 4.78 is 33.3. The van der Waals surface area contributed by atoms with Crippen molar-refractivity contribution in [2.45, 2.75) is 11.4 Å². The van der Waals surface area contributed by atoms with Crippen LogP contribution in [0.25, 0.3) is 0 Å². The largest absolute Gasteiger partial charge is 0.496 e. The maximum absolute atomic E-state index is 12.2. The number of carboxylic acid groups (broad SMARTS) is 1. The Balaban J connectivity index is 2.26. The van der Waals surface area contributed by atoms with Crippen molar-refractivity contribution in [1.82, 2.24) is 19.5 Å².